The quantitative estimate of drug-likeness (QED) is 0.652. The minimum Gasteiger partial charge on any atom is -0.486 e. The SMILES string of the molecule is c1cc2oc1cc2OC1CC1. The molecule has 2 heterocycles. The molecule has 0 radical (unpaired) electrons. The highest BCUT2D eigenvalue weighted by atomic mass is 16.5. The highest BCUT2D eigenvalue weighted by Gasteiger charge is 2.25. The molecule has 1 aliphatic rings. The molecule has 11 heavy (non-hydrogen) atoms. The third-order valence-electron chi connectivity index (χ3n) is 1.96. The summed E-state index contributed by atoms with van der Waals surface area (Å²) < 4.78 is 10.9. The number of fused-ring (bicyclic) bond motifs is 2. The predicted molar refractivity (Wildman–Crippen MR) is 41.1 cm³/mol. The summed E-state index contributed by atoms with van der Waals surface area (Å²) in [6.45, 7) is 0. The van der Waals surface area contributed by atoms with Crippen LogP contribution in [0.2, 0.25) is 0 Å². The van der Waals surface area contributed by atoms with Gasteiger partial charge in [0.25, 0.3) is 0 Å². The van der Waals surface area contributed by atoms with E-state index < -0.39 is 0 Å². The lowest BCUT2D eigenvalue weighted by atomic mass is 10.3. The van der Waals surface area contributed by atoms with E-state index in [2.05, 4.69) is 0 Å². The Morgan fingerprint density at radius 1 is 1.36 bits per heavy atom. The minimum absolute atomic E-state index is 0.464. The van der Waals surface area contributed by atoms with E-state index >= 15 is 0 Å². The summed E-state index contributed by atoms with van der Waals surface area (Å²) in [7, 11) is 0. The molecule has 56 valence electrons. The van der Waals surface area contributed by atoms with Crippen molar-refractivity contribution in [2.24, 2.45) is 0 Å². The molecule has 3 rings (SSSR count). The molecule has 0 aliphatic heterocycles. The molecule has 0 atom stereocenters. The van der Waals surface area contributed by atoms with Crippen molar-refractivity contribution in [3.05, 3.63) is 18.2 Å². The summed E-state index contributed by atoms with van der Waals surface area (Å²) in [5, 5.41) is 0. The van der Waals surface area contributed by atoms with Crippen LogP contribution in [-0.4, -0.2) is 6.10 Å². The van der Waals surface area contributed by atoms with E-state index in [1.54, 1.807) is 0 Å². The van der Waals surface area contributed by atoms with Crippen LogP contribution >= 0.6 is 0 Å². The van der Waals surface area contributed by atoms with Gasteiger partial charge >= 0.3 is 0 Å². The van der Waals surface area contributed by atoms with Crippen LogP contribution in [0.25, 0.3) is 11.2 Å². The zero-order valence-corrected chi connectivity index (χ0v) is 6.04. The van der Waals surface area contributed by atoms with Gasteiger partial charge in [-0.3, -0.25) is 0 Å². The Balaban J connectivity index is 1.99. The molecule has 2 heteroatoms. The van der Waals surface area contributed by atoms with Crippen molar-refractivity contribution < 1.29 is 9.15 Å². The summed E-state index contributed by atoms with van der Waals surface area (Å²) in [6.07, 6.45) is 2.86. The van der Waals surface area contributed by atoms with E-state index in [-0.39, 0.29) is 0 Å². The third-order valence-corrected chi connectivity index (χ3v) is 1.96. The molecule has 0 N–H and O–H groups in total. The van der Waals surface area contributed by atoms with Gasteiger partial charge in [0.15, 0.2) is 11.3 Å². The zero-order chi connectivity index (χ0) is 7.26. The summed E-state index contributed by atoms with van der Waals surface area (Å²) in [4.78, 5) is 0. The Hall–Kier alpha value is -1.18. The molecule has 0 saturated heterocycles. The predicted octanol–water partition coefficient (Wildman–Crippen LogP) is 2.41. The summed E-state index contributed by atoms with van der Waals surface area (Å²) in [5.41, 5.74) is 1.79. The largest absolute Gasteiger partial charge is 0.486 e. The molecule has 2 bridgehead atoms. The first-order chi connectivity index (χ1) is 5.42. The van der Waals surface area contributed by atoms with Gasteiger partial charge in [-0.2, -0.15) is 0 Å². The van der Waals surface area contributed by atoms with Gasteiger partial charge in [0, 0.05) is 6.07 Å². The number of rotatable bonds is 2. The highest BCUT2D eigenvalue weighted by molar-refractivity contribution is 5.69. The fourth-order valence-electron chi connectivity index (χ4n) is 1.22. The number of hydrogen-bond donors (Lipinski definition) is 0. The first kappa shape index (κ1) is 5.47. The smallest absolute Gasteiger partial charge is 0.169 e. The van der Waals surface area contributed by atoms with Crippen molar-refractivity contribution in [1.29, 1.82) is 0 Å². The molecule has 1 fully saturated rings. The van der Waals surface area contributed by atoms with Gasteiger partial charge in [-0.1, -0.05) is 0 Å². The maximum atomic E-state index is 5.58. The van der Waals surface area contributed by atoms with Crippen LogP contribution in [0.5, 0.6) is 5.75 Å². The average Bonchev–Trinajstić information content (AvgIpc) is 2.61. The minimum atomic E-state index is 0.464. The van der Waals surface area contributed by atoms with E-state index in [0.29, 0.717) is 6.10 Å². The van der Waals surface area contributed by atoms with Crippen molar-refractivity contribution >= 4 is 11.2 Å². The van der Waals surface area contributed by atoms with Gasteiger partial charge in [-0.25, -0.2) is 0 Å². The monoisotopic (exact) mass is 148 g/mol. The second kappa shape index (κ2) is 1.70. The molecular formula is C9H8O2. The summed E-state index contributed by atoms with van der Waals surface area (Å²) in [6, 6.07) is 5.86. The number of benzene rings is 1. The molecule has 1 saturated carbocycles. The molecule has 0 spiro atoms. The molecule has 0 aromatic carbocycles. The molecule has 0 amide bonds. The molecule has 2 aromatic heterocycles. The Morgan fingerprint density at radius 2 is 2.27 bits per heavy atom. The second-order valence-electron chi connectivity index (χ2n) is 3.03. The van der Waals surface area contributed by atoms with Crippen LogP contribution in [0.4, 0.5) is 0 Å². The maximum absolute atomic E-state index is 5.58. The third kappa shape index (κ3) is 0.788. The van der Waals surface area contributed by atoms with Crippen LogP contribution in [-0.2, 0) is 0 Å². The Morgan fingerprint density at radius 3 is 2.82 bits per heavy atom. The van der Waals surface area contributed by atoms with Crippen LogP contribution in [0.3, 0.4) is 0 Å². The molecule has 0 unspecified atom stereocenters. The number of furan rings is 2. The first-order valence-electron chi connectivity index (χ1n) is 3.90. The van der Waals surface area contributed by atoms with Gasteiger partial charge in [-0.05, 0) is 25.0 Å². The van der Waals surface area contributed by atoms with E-state index in [0.717, 1.165) is 16.9 Å². The standard InChI is InChI=1S/C9H8O2/c1-2-6(1)10-9-5-7-3-4-8(9)11-7/h3-6H,1-2H2. The lowest BCUT2D eigenvalue weighted by Crippen LogP contribution is -1.94. The molecular weight excluding hydrogens is 140 g/mol. The van der Waals surface area contributed by atoms with Crippen molar-refractivity contribution in [2.75, 3.05) is 0 Å². The fraction of sp³-hybridized carbons (Fsp3) is 0.333. The van der Waals surface area contributed by atoms with Crippen molar-refractivity contribution in [3.63, 3.8) is 0 Å². The van der Waals surface area contributed by atoms with E-state index in [1.165, 1.54) is 12.8 Å². The van der Waals surface area contributed by atoms with Crippen molar-refractivity contribution in [3.8, 4) is 5.75 Å². The van der Waals surface area contributed by atoms with Gasteiger partial charge in [0.1, 0.15) is 5.58 Å². The summed E-state index contributed by atoms with van der Waals surface area (Å²) >= 11 is 0. The van der Waals surface area contributed by atoms with Crippen LogP contribution in [0, 0.1) is 0 Å². The van der Waals surface area contributed by atoms with E-state index in [9.17, 15) is 0 Å². The fourth-order valence-corrected chi connectivity index (χ4v) is 1.22. The Bertz CT molecular complexity index is 359. The van der Waals surface area contributed by atoms with Gasteiger partial charge in [0.2, 0.25) is 0 Å². The van der Waals surface area contributed by atoms with Gasteiger partial charge in [0.05, 0.1) is 6.10 Å². The van der Waals surface area contributed by atoms with Crippen molar-refractivity contribution in [1.82, 2.24) is 0 Å². The number of ether oxygens (including phenoxy) is 1. The van der Waals surface area contributed by atoms with Gasteiger partial charge < -0.3 is 9.15 Å². The Labute approximate surface area is 64.1 Å². The van der Waals surface area contributed by atoms with E-state index in [4.69, 9.17) is 9.15 Å². The topological polar surface area (TPSA) is 22.4 Å². The zero-order valence-electron chi connectivity index (χ0n) is 6.04. The molecule has 1 aliphatic carbocycles. The lowest BCUT2D eigenvalue weighted by molar-refractivity contribution is 0.305. The van der Waals surface area contributed by atoms with E-state index in [1.807, 2.05) is 18.2 Å². The highest BCUT2D eigenvalue weighted by Crippen LogP contribution is 2.34. The average molecular weight is 148 g/mol. The van der Waals surface area contributed by atoms with Gasteiger partial charge in [-0.15, -0.1) is 0 Å². The first-order valence-corrected chi connectivity index (χ1v) is 3.90. The normalized spacial score (nSPS) is 17.8. The Kier molecular flexibility index (Phi) is 0.844. The summed E-state index contributed by atoms with van der Waals surface area (Å²) in [5.74, 6) is 0.921. The molecule has 2 nitrogen and oxygen atoms in total. The van der Waals surface area contributed by atoms with Crippen molar-refractivity contribution in [2.45, 2.75) is 18.9 Å². The lowest BCUT2D eigenvalue weighted by Gasteiger charge is -1.98. The molecule has 2 aromatic rings. The number of hydrogen-bond acceptors (Lipinski definition) is 2. The van der Waals surface area contributed by atoms with Crippen LogP contribution in [0.15, 0.2) is 22.6 Å². The second-order valence-corrected chi connectivity index (χ2v) is 3.03. The van der Waals surface area contributed by atoms with Crippen LogP contribution in [0.1, 0.15) is 12.8 Å². The van der Waals surface area contributed by atoms with Crippen LogP contribution < -0.4 is 4.74 Å². The maximum Gasteiger partial charge on any atom is 0.169 e.